The lowest BCUT2D eigenvalue weighted by Crippen LogP contribution is -2.37. The van der Waals surface area contributed by atoms with Crippen molar-refractivity contribution in [3.63, 3.8) is 0 Å². The normalized spacial score (nSPS) is 22.2. The molecular formula is C28H31NO5. The number of aliphatic hydroxyl groups excluding tert-OH is 1. The van der Waals surface area contributed by atoms with Crippen molar-refractivity contribution in [2.75, 3.05) is 14.2 Å². The Labute approximate surface area is 200 Å². The van der Waals surface area contributed by atoms with E-state index in [1.807, 2.05) is 24.3 Å². The minimum Gasteiger partial charge on any atom is -0.507 e. The van der Waals surface area contributed by atoms with Crippen LogP contribution in [0.15, 0.2) is 42.0 Å². The minimum atomic E-state index is -0.668. The summed E-state index contributed by atoms with van der Waals surface area (Å²) in [5.41, 5.74) is 3.98. The van der Waals surface area contributed by atoms with E-state index in [1.54, 1.807) is 31.3 Å². The zero-order chi connectivity index (χ0) is 23.8. The highest BCUT2D eigenvalue weighted by molar-refractivity contribution is 6.46. The number of ketones is 1. The smallest absolute Gasteiger partial charge is 0.295 e. The lowest BCUT2D eigenvalue weighted by molar-refractivity contribution is -0.141. The van der Waals surface area contributed by atoms with Crippen molar-refractivity contribution in [2.45, 2.75) is 63.5 Å². The fraction of sp³-hybridized carbons (Fsp3) is 0.429. The maximum atomic E-state index is 13.4. The highest BCUT2D eigenvalue weighted by Gasteiger charge is 2.49. The van der Waals surface area contributed by atoms with E-state index in [0.717, 1.165) is 50.5 Å². The number of rotatable bonds is 5. The molecule has 6 heteroatoms. The third-order valence-electron chi connectivity index (χ3n) is 7.54. The minimum absolute atomic E-state index is 0.0246. The molecule has 2 fully saturated rings. The van der Waals surface area contributed by atoms with Gasteiger partial charge in [-0.3, -0.25) is 9.59 Å². The molecule has 1 atom stereocenters. The van der Waals surface area contributed by atoms with Crippen molar-refractivity contribution in [1.82, 2.24) is 4.90 Å². The molecule has 5 rings (SSSR count). The molecule has 1 N–H and O–H groups in total. The summed E-state index contributed by atoms with van der Waals surface area (Å²) in [6.07, 6.45) is 8.05. The molecular weight excluding hydrogens is 430 g/mol. The van der Waals surface area contributed by atoms with Crippen molar-refractivity contribution >= 4 is 17.4 Å². The highest BCUT2D eigenvalue weighted by atomic mass is 16.5. The van der Waals surface area contributed by atoms with Gasteiger partial charge in [0.2, 0.25) is 0 Å². The molecule has 1 unspecified atom stereocenters. The van der Waals surface area contributed by atoms with E-state index in [-0.39, 0.29) is 17.4 Å². The molecule has 2 aromatic rings. The first-order valence-electron chi connectivity index (χ1n) is 12.2. The van der Waals surface area contributed by atoms with Crippen LogP contribution in [0.2, 0.25) is 0 Å². The highest BCUT2D eigenvalue weighted by Crippen LogP contribution is 2.45. The number of carbonyl (C=O) groups is 2. The molecule has 1 aliphatic heterocycles. The zero-order valence-corrected chi connectivity index (χ0v) is 19.8. The number of methoxy groups -OCH3 is 2. The van der Waals surface area contributed by atoms with Crippen molar-refractivity contribution in [1.29, 1.82) is 0 Å². The van der Waals surface area contributed by atoms with Gasteiger partial charge in [-0.05, 0) is 73.4 Å². The second kappa shape index (κ2) is 9.16. The van der Waals surface area contributed by atoms with E-state index in [4.69, 9.17) is 9.47 Å². The Morgan fingerprint density at radius 1 is 0.882 bits per heavy atom. The van der Waals surface area contributed by atoms with Crippen LogP contribution < -0.4 is 9.47 Å². The van der Waals surface area contributed by atoms with Crippen LogP contribution in [0.5, 0.6) is 11.5 Å². The number of aliphatic hydroxyl groups is 1. The van der Waals surface area contributed by atoms with Crippen molar-refractivity contribution < 1.29 is 24.2 Å². The van der Waals surface area contributed by atoms with Gasteiger partial charge in [0.25, 0.3) is 11.7 Å². The van der Waals surface area contributed by atoms with Crippen molar-refractivity contribution in [3.8, 4) is 11.5 Å². The van der Waals surface area contributed by atoms with Gasteiger partial charge in [-0.2, -0.15) is 0 Å². The molecule has 6 nitrogen and oxygen atoms in total. The van der Waals surface area contributed by atoms with Gasteiger partial charge in [-0.25, -0.2) is 0 Å². The van der Waals surface area contributed by atoms with Gasteiger partial charge < -0.3 is 19.5 Å². The average molecular weight is 462 g/mol. The van der Waals surface area contributed by atoms with Gasteiger partial charge in [-0.1, -0.05) is 31.0 Å². The third-order valence-corrected chi connectivity index (χ3v) is 7.54. The molecule has 178 valence electrons. The topological polar surface area (TPSA) is 76.1 Å². The number of hydrogen-bond acceptors (Lipinski definition) is 5. The Balaban J connectivity index is 1.66. The summed E-state index contributed by atoms with van der Waals surface area (Å²) in [5, 5.41) is 11.5. The Bertz CT molecular complexity index is 1160. The molecule has 34 heavy (non-hydrogen) atoms. The van der Waals surface area contributed by atoms with Gasteiger partial charge in [-0.15, -0.1) is 0 Å². The molecule has 1 saturated carbocycles. The summed E-state index contributed by atoms with van der Waals surface area (Å²) in [7, 11) is 3.13. The van der Waals surface area contributed by atoms with Crippen LogP contribution in [0.1, 0.15) is 66.8 Å². The Hall–Kier alpha value is -3.28. The Morgan fingerprint density at radius 3 is 2.29 bits per heavy atom. The second-order valence-electron chi connectivity index (χ2n) is 9.45. The van der Waals surface area contributed by atoms with E-state index in [0.29, 0.717) is 17.1 Å². The van der Waals surface area contributed by atoms with Gasteiger partial charge in [0.1, 0.15) is 5.76 Å². The summed E-state index contributed by atoms with van der Waals surface area (Å²) >= 11 is 0. The molecule has 0 aromatic heterocycles. The quantitative estimate of drug-likeness (QED) is 0.388. The van der Waals surface area contributed by atoms with Gasteiger partial charge >= 0.3 is 0 Å². The van der Waals surface area contributed by atoms with Crippen LogP contribution in [-0.2, 0) is 22.4 Å². The van der Waals surface area contributed by atoms with E-state index in [2.05, 4.69) is 0 Å². The van der Waals surface area contributed by atoms with E-state index < -0.39 is 17.7 Å². The molecule has 1 amide bonds. The first-order valence-corrected chi connectivity index (χ1v) is 12.2. The van der Waals surface area contributed by atoms with Gasteiger partial charge in [0.15, 0.2) is 11.5 Å². The number of hydrogen-bond donors (Lipinski definition) is 1. The number of nitrogens with zero attached hydrogens (tertiary/aromatic N) is 1. The fourth-order valence-electron chi connectivity index (χ4n) is 5.80. The van der Waals surface area contributed by atoms with E-state index >= 15 is 0 Å². The van der Waals surface area contributed by atoms with Crippen LogP contribution in [0.4, 0.5) is 0 Å². The maximum Gasteiger partial charge on any atom is 0.295 e. The van der Waals surface area contributed by atoms with E-state index in [9.17, 15) is 14.7 Å². The molecule has 3 aliphatic rings. The fourth-order valence-corrected chi connectivity index (χ4v) is 5.80. The summed E-state index contributed by atoms with van der Waals surface area (Å²) in [4.78, 5) is 28.4. The van der Waals surface area contributed by atoms with Gasteiger partial charge in [0, 0.05) is 11.6 Å². The largest absolute Gasteiger partial charge is 0.507 e. The molecule has 0 bridgehead atoms. The third kappa shape index (κ3) is 3.75. The van der Waals surface area contributed by atoms with Crippen LogP contribution >= 0.6 is 0 Å². The summed E-state index contributed by atoms with van der Waals surface area (Å²) < 4.78 is 10.9. The predicted molar refractivity (Wildman–Crippen MR) is 129 cm³/mol. The van der Waals surface area contributed by atoms with Crippen molar-refractivity contribution in [2.24, 2.45) is 0 Å². The SMILES string of the molecule is COc1ccc(C2/C(=C(\O)c3ccc4c(c3)CCCC4)C(=O)C(=O)N2C2CCCC2)cc1OC. The number of likely N-dealkylation sites (tertiary alicyclic amines) is 1. The molecule has 0 spiro atoms. The molecule has 0 radical (unpaired) electrons. The molecule has 2 aromatic carbocycles. The van der Waals surface area contributed by atoms with Crippen LogP contribution in [0, 0.1) is 0 Å². The standard InChI is InChI=1S/C28H31NO5/c1-33-22-14-13-19(16-23(22)34-2)25-24(27(31)28(32)29(25)21-9-5-6-10-21)26(30)20-12-11-17-7-3-4-8-18(17)15-20/h11-16,21,25,30H,3-10H2,1-2H3/b26-24+. The van der Waals surface area contributed by atoms with Crippen molar-refractivity contribution in [3.05, 3.63) is 64.2 Å². The lowest BCUT2D eigenvalue weighted by Gasteiger charge is -2.31. The first-order chi connectivity index (χ1) is 16.5. The summed E-state index contributed by atoms with van der Waals surface area (Å²) in [6, 6.07) is 10.6. The maximum absolute atomic E-state index is 13.4. The summed E-state index contributed by atoms with van der Waals surface area (Å²) in [5.74, 6) is -0.176. The predicted octanol–water partition coefficient (Wildman–Crippen LogP) is 4.95. The number of Topliss-reactive ketones (excluding diaryl/α,β-unsaturated/α-hetero) is 1. The molecule has 1 heterocycles. The number of benzene rings is 2. The lowest BCUT2D eigenvalue weighted by atomic mass is 9.88. The number of amides is 1. The molecule has 1 saturated heterocycles. The number of fused-ring (bicyclic) bond motifs is 1. The van der Waals surface area contributed by atoms with Crippen LogP contribution in [0.25, 0.3) is 5.76 Å². The molecule has 2 aliphatic carbocycles. The zero-order valence-electron chi connectivity index (χ0n) is 19.8. The number of carbonyl (C=O) groups excluding carboxylic acids is 2. The second-order valence-corrected chi connectivity index (χ2v) is 9.45. The number of ether oxygens (including phenoxy) is 2. The Kier molecular flexibility index (Phi) is 6.07. The average Bonchev–Trinajstić information content (AvgIpc) is 3.49. The van der Waals surface area contributed by atoms with E-state index in [1.165, 1.54) is 17.5 Å². The Morgan fingerprint density at radius 2 is 1.59 bits per heavy atom. The monoisotopic (exact) mass is 461 g/mol. The first kappa shape index (κ1) is 22.5. The van der Waals surface area contributed by atoms with Gasteiger partial charge in [0.05, 0.1) is 25.8 Å². The summed E-state index contributed by atoms with van der Waals surface area (Å²) in [6.45, 7) is 0. The van der Waals surface area contributed by atoms with Crippen LogP contribution in [0.3, 0.4) is 0 Å². The van der Waals surface area contributed by atoms with Crippen LogP contribution in [-0.4, -0.2) is 42.0 Å². The number of aryl methyl sites for hydroxylation is 2.